The molecule has 1 amide bonds. The second-order valence-corrected chi connectivity index (χ2v) is 4.80. The molecule has 2 N–H and O–H groups in total. The Morgan fingerprint density at radius 3 is 3.00 bits per heavy atom. The quantitative estimate of drug-likeness (QED) is 0.566. The molecular weight excluding hydrogens is 260 g/mol. The molecule has 1 aromatic carbocycles. The Morgan fingerprint density at radius 2 is 2.21 bits per heavy atom. The Morgan fingerprint density at radius 1 is 1.32 bits per heavy atom. The van der Waals surface area contributed by atoms with Crippen molar-refractivity contribution in [2.75, 3.05) is 0 Å². The standard InChI is InChI=1S/C13H10N4OS/c18-13(17-14-8-9-4-3-7-19-9)12-15-10-5-1-2-6-11(10)16-12/h1-8H,(H,15,16)(H,17,18)/b14-8+. The normalized spacial score (nSPS) is 11.2. The maximum atomic E-state index is 11.8. The van der Waals surface area contributed by atoms with Gasteiger partial charge < -0.3 is 4.98 Å². The van der Waals surface area contributed by atoms with Gasteiger partial charge in [-0.05, 0) is 23.6 Å². The minimum atomic E-state index is -0.357. The number of para-hydroxylation sites is 2. The van der Waals surface area contributed by atoms with Crippen molar-refractivity contribution in [3.8, 4) is 0 Å². The molecule has 0 aliphatic rings. The number of nitrogens with one attached hydrogen (secondary N) is 2. The number of thiophene rings is 1. The molecule has 0 fully saturated rings. The highest BCUT2D eigenvalue weighted by Crippen LogP contribution is 2.10. The van der Waals surface area contributed by atoms with E-state index in [0.29, 0.717) is 0 Å². The summed E-state index contributed by atoms with van der Waals surface area (Å²) in [5.74, 6) is -0.103. The number of fused-ring (bicyclic) bond motifs is 1. The van der Waals surface area contributed by atoms with E-state index >= 15 is 0 Å². The summed E-state index contributed by atoms with van der Waals surface area (Å²) in [6, 6.07) is 11.3. The molecule has 0 aliphatic heterocycles. The number of hydrogen-bond donors (Lipinski definition) is 2. The van der Waals surface area contributed by atoms with Gasteiger partial charge in [0.15, 0.2) is 5.82 Å². The molecule has 19 heavy (non-hydrogen) atoms. The summed E-state index contributed by atoms with van der Waals surface area (Å²) < 4.78 is 0. The third-order valence-corrected chi connectivity index (χ3v) is 3.31. The lowest BCUT2D eigenvalue weighted by Crippen LogP contribution is -2.18. The van der Waals surface area contributed by atoms with Gasteiger partial charge in [0.25, 0.3) is 0 Å². The van der Waals surface area contributed by atoms with Gasteiger partial charge >= 0.3 is 5.91 Å². The van der Waals surface area contributed by atoms with E-state index in [9.17, 15) is 4.79 Å². The predicted molar refractivity (Wildman–Crippen MR) is 75.5 cm³/mol. The predicted octanol–water partition coefficient (Wildman–Crippen LogP) is 2.39. The van der Waals surface area contributed by atoms with E-state index in [1.165, 1.54) is 0 Å². The fraction of sp³-hybridized carbons (Fsp3) is 0. The average molecular weight is 270 g/mol. The first-order valence-electron chi connectivity index (χ1n) is 5.64. The average Bonchev–Trinajstić information content (AvgIpc) is 3.07. The lowest BCUT2D eigenvalue weighted by Gasteiger charge is -1.93. The molecule has 0 saturated heterocycles. The minimum absolute atomic E-state index is 0.254. The van der Waals surface area contributed by atoms with Crippen LogP contribution in [-0.2, 0) is 0 Å². The van der Waals surface area contributed by atoms with Gasteiger partial charge in [0.2, 0.25) is 0 Å². The van der Waals surface area contributed by atoms with Crippen LogP contribution in [-0.4, -0.2) is 22.1 Å². The van der Waals surface area contributed by atoms with E-state index in [1.807, 2.05) is 41.8 Å². The zero-order valence-electron chi connectivity index (χ0n) is 9.83. The number of nitrogens with zero attached hydrogens (tertiary/aromatic N) is 2. The van der Waals surface area contributed by atoms with E-state index in [0.717, 1.165) is 15.9 Å². The molecule has 0 unspecified atom stereocenters. The van der Waals surface area contributed by atoms with E-state index < -0.39 is 0 Å². The largest absolute Gasteiger partial charge is 0.334 e. The molecule has 0 atom stereocenters. The van der Waals surface area contributed by atoms with Crippen LogP contribution in [0.5, 0.6) is 0 Å². The van der Waals surface area contributed by atoms with Crippen molar-refractivity contribution in [2.24, 2.45) is 5.10 Å². The number of amides is 1. The summed E-state index contributed by atoms with van der Waals surface area (Å²) in [6.45, 7) is 0. The number of hydrogen-bond acceptors (Lipinski definition) is 4. The number of imidazole rings is 1. The zero-order chi connectivity index (χ0) is 13.1. The molecule has 5 nitrogen and oxygen atoms in total. The monoisotopic (exact) mass is 270 g/mol. The van der Waals surface area contributed by atoms with Crippen LogP contribution in [0.3, 0.4) is 0 Å². The van der Waals surface area contributed by atoms with Crippen LogP contribution >= 0.6 is 11.3 Å². The Hall–Kier alpha value is -2.47. The Labute approximate surface area is 113 Å². The van der Waals surface area contributed by atoms with Crippen molar-refractivity contribution in [1.29, 1.82) is 0 Å². The minimum Gasteiger partial charge on any atom is -0.334 e. The molecular formula is C13H10N4OS. The smallest absolute Gasteiger partial charge is 0.307 e. The fourth-order valence-corrected chi connectivity index (χ4v) is 2.22. The zero-order valence-corrected chi connectivity index (χ0v) is 10.6. The Bertz CT molecular complexity index is 697. The van der Waals surface area contributed by atoms with Crippen LogP contribution in [0.4, 0.5) is 0 Å². The SMILES string of the molecule is O=C(N/N=C/c1cccs1)c1nc2ccccc2[nH]1. The highest BCUT2D eigenvalue weighted by atomic mass is 32.1. The Balaban J connectivity index is 1.73. The molecule has 2 heterocycles. The lowest BCUT2D eigenvalue weighted by atomic mass is 10.3. The van der Waals surface area contributed by atoms with Gasteiger partial charge in [0.1, 0.15) is 0 Å². The second-order valence-electron chi connectivity index (χ2n) is 3.82. The van der Waals surface area contributed by atoms with Gasteiger partial charge in [-0.1, -0.05) is 18.2 Å². The van der Waals surface area contributed by atoms with Crippen LogP contribution in [0.2, 0.25) is 0 Å². The van der Waals surface area contributed by atoms with Crippen molar-refractivity contribution in [3.63, 3.8) is 0 Å². The van der Waals surface area contributed by atoms with E-state index in [-0.39, 0.29) is 11.7 Å². The first-order valence-corrected chi connectivity index (χ1v) is 6.52. The lowest BCUT2D eigenvalue weighted by molar-refractivity contribution is 0.0946. The van der Waals surface area contributed by atoms with E-state index in [2.05, 4.69) is 20.5 Å². The van der Waals surface area contributed by atoms with Crippen LogP contribution in [0, 0.1) is 0 Å². The van der Waals surface area contributed by atoms with Crippen LogP contribution < -0.4 is 5.43 Å². The van der Waals surface area contributed by atoms with Gasteiger partial charge in [0.05, 0.1) is 17.2 Å². The topological polar surface area (TPSA) is 70.1 Å². The van der Waals surface area contributed by atoms with Crippen LogP contribution in [0.1, 0.15) is 15.5 Å². The molecule has 94 valence electrons. The maximum absolute atomic E-state index is 11.8. The molecule has 2 aromatic heterocycles. The number of carbonyl (C=O) groups is 1. The van der Waals surface area contributed by atoms with Gasteiger partial charge in [-0.25, -0.2) is 10.4 Å². The number of H-pyrrole nitrogens is 1. The second kappa shape index (κ2) is 5.03. The molecule has 0 bridgehead atoms. The van der Waals surface area contributed by atoms with Gasteiger partial charge in [0, 0.05) is 4.88 Å². The maximum Gasteiger partial charge on any atom is 0.307 e. The van der Waals surface area contributed by atoms with Crippen LogP contribution in [0.25, 0.3) is 11.0 Å². The number of aromatic nitrogens is 2. The number of carbonyl (C=O) groups excluding carboxylic acids is 1. The number of aromatic amines is 1. The van der Waals surface area contributed by atoms with E-state index in [1.54, 1.807) is 17.6 Å². The first kappa shape index (κ1) is 11.6. The van der Waals surface area contributed by atoms with Crippen molar-refractivity contribution >= 4 is 34.5 Å². The summed E-state index contributed by atoms with van der Waals surface area (Å²) in [6.07, 6.45) is 1.60. The molecule has 0 aliphatic carbocycles. The highest BCUT2D eigenvalue weighted by Gasteiger charge is 2.09. The number of rotatable bonds is 3. The van der Waals surface area contributed by atoms with Gasteiger partial charge in [-0.15, -0.1) is 11.3 Å². The fourth-order valence-electron chi connectivity index (χ4n) is 1.63. The van der Waals surface area contributed by atoms with Crippen molar-refractivity contribution in [2.45, 2.75) is 0 Å². The van der Waals surface area contributed by atoms with Crippen molar-refractivity contribution in [1.82, 2.24) is 15.4 Å². The van der Waals surface area contributed by atoms with E-state index in [4.69, 9.17) is 0 Å². The first-order chi connectivity index (χ1) is 9.33. The summed E-state index contributed by atoms with van der Waals surface area (Å²) >= 11 is 1.55. The molecule has 3 aromatic rings. The molecule has 3 rings (SSSR count). The van der Waals surface area contributed by atoms with Gasteiger partial charge in [-0.2, -0.15) is 5.10 Å². The number of benzene rings is 1. The summed E-state index contributed by atoms with van der Waals surface area (Å²) in [5, 5.41) is 5.83. The third-order valence-electron chi connectivity index (χ3n) is 2.51. The highest BCUT2D eigenvalue weighted by molar-refractivity contribution is 7.11. The molecule has 0 spiro atoms. The summed E-state index contributed by atoms with van der Waals surface area (Å²) in [4.78, 5) is 19.9. The molecule has 0 saturated carbocycles. The van der Waals surface area contributed by atoms with Crippen LogP contribution in [0.15, 0.2) is 46.9 Å². The van der Waals surface area contributed by atoms with Crippen molar-refractivity contribution < 1.29 is 4.79 Å². The van der Waals surface area contributed by atoms with Gasteiger partial charge in [-0.3, -0.25) is 4.79 Å². The van der Waals surface area contributed by atoms with Crippen molar-refractivity contribution in [3.05, 3.63) is 52.5 Å². The Kier molecular flexibility index (Phi) is 3.07. The summed E-state index contributed by atoms with van der Waals surface area (Å²) in [5.41, 5.74) is 4.03. The summed E-state index contributed by atoms with van der Waals surface area (Å²) in [7, 11) is 0. The molecule has 0 radical (unpaired) electrons. The number of hydrazone groups is 1. The third kappa shape index (κ3) is 2.53. The molecule has 6 heteroatoms.